The molecule has 10 heteroatoms. The molecule has 1 saturated heterocycles. The lowest BCUT2D eigenvalue weighted by atomic mass is 10.0. The van der Waals surface area contributed by atoms with Crippen molar-refractivity contribution in [3.8, 4) is 0 Å². The lowest BCUT2D eigenvalue weighted by molar-refractivity contribution is -0.211. The van der Waals surface area contributed by atoms with E-state index in [1.807, 2.05) is 0 Å². The van der Waals surface area contributed by atoms with Crippen molar-refractivity contribution in [3.05, 3.63) is 17.7 Å². The first kappa shape index (κ1) is 16.4. The van der Waals surface area contributed by atoms with Gasteiger partial charge in [-0.1, -0.05) is 0 Å². The van der Waals surface area contributed by atoms with Crippen LogP contribution in [0.4, 0.5) is 0 Å². The Morgan fingerprint density at radius 2 is 1.86 bits per heavy atom. The highest BCUT2D eigenvalue weighted by atomic mass is 16.5. The molecule has 0 aliphatic carbocycles. The minimum Gasteiger partial charge on any atom is -0.388 e. The zero-order valence-corrected chi connectivity index (χ0v) is 12.1. The Morgan fingerprint density at radius 3 is 2.45 bits per heavy atom. The molecule has 1 aliphatic heterocycles. The minimum absolute atomic E-state index is 0.116. The predicted octanol–water partition coefficient (Wildman–Crippen LogP) is -2.79. The van der Waals surface area contributed by atoms with E-state index in [4.69, 9.17) is 4.74 Å². The van der Waals surface area contributed by atoms with Gasteiger partial charge in [-0.25, -0.2) is 4.98 Å². The zero-order valence-electron chi connectivity index (χ0n) is 12.1. The van der Waals surface area contributed by atoms with Crippen LogP contribution in [0, 0.1) is 0 Å². The maximum atomic E-state index is 12.0. The van der Waals surface area contributed by atoms with Crippen LogP contribution in [0.1, 0.15) is 27.2 Å². The van der Waals surface area contributed by atoms with Crippen LogP contribution >= 0.6 is 0 Å². The van der Waals surface area contributed by atoms with Crippen molar-refractivity contribution in [2.24, 2.45) is 0 Å². The molecule has 2 amide bonds. The normalized spacial score (nSPS) is 28.2. The van der Waals surface area contributed by atoms with Crippen LogP contribution < -0.4 is 10.6 Å². The SMILES string of the molecule is CNC(=O)c1ncn(C2OCC(O)C(O)C2O)c1C(=O)NC. The van der Waals surface area contributed by atoms with Crippen LogP contribution in [-0.2, 0) is 4.74 Å². The second-order valence-electron chi connectivity index (χ2n) is 4.78. The smallest absolute Gasteiger partial charge is 0.272 e. The molecule has 5 N–H and O–H groups in total. The molecule has 1 fully saturated rings. The molecule has 4 unspecified atom stereocenters. The molecular weight excluding hydrogens is 296 g/mol. The molecule has 122 valence electrons. The molecule has 0 saturated carbocycles. The number of imidazole rings is 1. The Balaban J connectivity index is 2.45. The molecule has 10 nitrogen and oxygen atoms in total. The van der Waals surface area contributed by atoms with E-state index in [0.29, 0.717) is 0 Å². The maximum Gasteiger partial charge on any atom is 0.272 e. The molecule has 22 heavy (non-hydrogen) atoms. The highest BCUT2D eigenvalue weighted by Gasteiger charge is 2.40. The number of carbonyl (C=O) groups is 2. The second-order valence-corrected chi connectivity index (χ2v) is 4.78. The quantitative estimate of drug-likeness (QED) is 0.405. The summed E-state index contributed by atoms with van der Waals surface area (Å²) in [5.41, 5.74) is -0.257. The van der Waals surface area contributed by atoms with Gasteiger partial charge < -0.3 is 30.7 Å². The monoisotopic (exact) mass is 314 g/mol. The molecule has 2 rings (SSSR count). The van der Waals surface area contributed by atoms with E-state index < -0.39 is 36.4 Å². The maximum absolute atomic E-state index is 12.0. The van der Waals surface area contributed by atoms with Crippen LogP contribution in [0.25, 0.3) is 0 Å². The number of hydrogen-bond acceptors (Lipinski definition) is 7. The highest BCUT2D eigenvalue weighted by Crippen LogP contribution is 2.26. The molecular formula is C12H18N4O6. The third kappa shape index (κ3) is 2.68. The van der Waals surface area contributed by atoms with E-state index in [9.17, 15) is 24.9 Å². The van der Waals surface area contributed by atoms with Gasteiger partial charge in [0, 0.05) is 14.1 Å². The first-order valence-electron chi connectivity index (χ1n) is 6.59. The van der Waals surface area contributed by atoms with Crippen LogP contribution in [0.15, 0.2) is 6.33 Å². The molecule has 1 aromatic rings. The second kappa shape index (κ2) is 6.40. The summed E-state index contributed by atoms with van der Waals surface area (Å²) in [6, 6.07) is 0. The fourth-order valence-electron chi connectivity index (χ4n) is 2.22. The number of nitrogens with zero attached hydrogens (tertiary/aromatic N) is 2. The van der Waals surface area contributed by atoms with Gasteiger partial charge in [0.2, 0.25) is 0 Å². The summed E-state index contributed by atoms with van der Waals surface area (Å²) >= 11 is 0. The lowest BCUT2D eigenvalue weighted by Crippen LogP contribution is -2.51. The van der Waals surface area contributed by atoms with E-state index in [1.165, 1.54) is 14.1 Å². The summed E-state index contributed by atoms with van der Waals surface area (Å²) in [6.45, 7) is -0.233. The summed E-state index contributed by atoms with van der Waals surface area (Å²) in [5.74, 6) is -1.18. The van der Waals surface area contributed by atoms with Crippen molar-refractivity contribution in [3.63, 3.8) is 0 Å². The van der Waals surface area contributed by atoms with E-state index in [1.54, 1.807) is 0 Å². The molecule has 4 atom stereocenters. The number of aromatic nitrogens is 2. The van der Waals surface area contributed by atoms with Crippen molar-refractivity contribution in [2.45, 2.75) is 24.5 Å². The number of aliphatic hydroxyl groups is 3. The lowest BCUT2D eigenvalue weighted by Gasteiger charge is -2.36. The summed E-state index contributed by atoms with van der Waals surface area (Å²) in [4.78, 5) is 27.7. The number of hydrogen-bond donors (Lipinski definition) is 5. The van der Waals surface area contributed by atoms with Gasteiger partial charge in [-0.05, 0) is 0 Å². The van der Waals surface area contributed by atoms with Crippen LogP contribution in [0.5, 0.6) is 0 Å². The number of nitrogens with one attached hydrogen (secondary N) is 2. The molecule has 0 bridgehead atoms. The predicted molar refractivity (Wildman–Crippen MR) is 72.0 cm³/mol. The van der Waals surface area contributed by atoms with Gasteiger partial charge in [0.1, 0.15) is 24.0 Å². The third-order valence-electron chi connectivity index (χ3n) is 3.43. The molecule has 0 spiro atoms. The summed E-state index contributed by atoms with van der Waals surface area (Å²) in [7, 11) is 2.77. The average Bonchev–Trinajstić information content (AvgIpc) is 2.95. The average molecular weight is 314 g/mol. The molecule has 1 aliphatic rings. The first-order chi connectivity index (χ1) is 10.4. The summed E-state index contributed by atoms with van der Waals surface area (Å²) < 4.78 is 6.43. The molecule has 1 aromatic heterocycles. The number of carbonyl (C=O) groups excluding carboxylic acids is 2. The van der Waals surface area contributed by atoms with Crippen molar-refractivity contribution < 1.29 is 29.6 Å². The summed E-state index contributed by atoms with van der Waals surface area (Å²) in [5, 5.41) is 34.0. The van der Waals surface area contributed by atoms with Crippen LogP contribution in [0.2, 0.25) is 0 Å². The number of amides is 2. The van der Waals surface area contributed by atoms with Gasteiger partial charge in [-0.2, -0.15) is 0 Å². The Kier molecular flexibility index (Phi) is 4.76. The van der Waals surface area contributed by atoms with Gasteiger partial charge in [-0.15, -0.1) is 0 Å². The van der Waals surface area contributed by atoms with Gasteiger partial charge in [0.25, 0.3) is 11.8 Å². The Bertz CT molecular complexity index is 574. The number of ether oxygens (including phenoxy) is 1. The largest absolute Gasteiger partial charge is 0.388 e. The van der Waals surface area contributed by atoms with E-state index in [2.05, 4.69) is 15.6 Å². The summed E-state index contributed by atoms with van der Waals surface area (Å²) in [6.07, 6.45) is -4.16. The Labute approximate surface area is 125 Å². The zero-order chi connectivity index (χ0) is 16.4. The van der Waals surface area contributed by atoms with Crippen molar-refractivity contribution in [2.75, 3.05) is 20.7 Å². The Morgan fingerprint density at radius 1 is 1.23 bits per heavy atom. The fourth-order valence-corrected chi connectivity index (χ4v) is 2.22. The first-order valence-corrected chi connectivity index (χ1v) is 6.59. The van der Waals surface area contributed by atoms with Gasteiger partial charge in [-0.3, -0.25) is 14.2 Å². The van der Waals surface area contributed by atoms with Gasteiger partial charge >= 0.3 is 0 Å². The minimum atomic E-state index is -1.49. The molecule has 0 radical (unpaired) electrons. The van der Waals surface area contributed by atoms with Crippen molar-refractivity contribution in [1.29, 1.82) is 0 Å². The highest BCUT2D eigenvalue weighted by molar-refractivity contribution is 6.04. The molecule has 2 heterocycles. The van der Waals surface area contributed by atoms with Crippen LogP contribution in [-0.4, -0.2) is 75.7 Å². The number of aliphatic hydroxyl groups excluding tert-OH is 3. The van der Waals surface area contributed by atoms with Crippen LogP contribution in [0.3, 0.4) is 0 Å². The van der Waals surface area contributed by atoms with Gasteiger partial charge in [0.15, 0.2) is 11.9 Å². The van der Waals surface area contributed by atoms with Crippen molar-refractivity contribution in [1.82, 2.24) is 20.2 Å². The van der Waals surface area contributed by atoms with E-state index in [-0.39, 0.29) is 18.0 Å². The number of rotatable bonds is 3. The topological polar surface area (TPSA) is 146 Å². The standard InChI is InChI=1S/C12H18N4O6/c1-13-10(20)6-7(11(21)14-2)16(4-15-6)12-9(19)8(18)5(17)3-22-12/h4-5,8-9,12,17-19H,3H2,1-2H3,(H,13,20)(H,14,21). The Hall–Kier alpha value is -2.01. The van der Waals surface area contributed by atoms with E-state index in [0.717, 1.165) is 10.9 Å². The van der Waals surface area contributed by atoms with E-state index >= 15 is 0 Å². The molecule has 0 aromatic carbocycles. The fraction of sp³-hybridized carbons (Fsp3) is 0.583. The van der Waals surface area contributed by atoms with Crippen molar-refractivity contribution >= 4 is 11.8 Å². The third-order valence-corrected chi connectivity index (χ3v) is 3.43. The van der Waals surface area contributed by atoms with Gasteiger partial charge in [0.05, 0.1) is 12.9 Å².